The highest BCUT2D eigenvalue weighted by Gasteiger charge is 2.23. The maximum atomic E-state index is 6.00. The van der Waals surface area contributed by atoms with E-state index in [2.05, 4.69) is 61.0 Å². The molecule has 0 spiro atoms. The van der Waals surface area contributed by atoms with Gasteiger partial charge in [-0.1, -0.05) is 70.7 Å². The van der Waals surface area contributed by atoms with E-state index in [0.717, 1.165) is 11.3 Å². The molecule has 0 fully saturated rings. The molecule has 0 bridgehead atoms. The topological polar surface area (TPSA) is 30.8 Å². The second kappa shape index (κ2) is 8.57. The van der Waals surface area contributed by atoms with Crippen LogP contribution >= 0.6 is 8.58 Å². The van der Waals surface area contributed by atoms with Crippen molar-refractivity contribution in [3.8, 4) is 5.75 Å². The van der Waals surface area contributed by atoms with Crippen LogP contribution in [0.3, 0.4) is 0 Å². The second-order valence-corrected chi connectivity index (χ2v) is 12.9. The first-order chi connectivity index (χ1) is 11.5. The number of rotatable bonds is 7. The summed E-state index contributed by atoms with van der Waals surface area (Å²) < 4.78 is 11.2. The van der Waals surface area contributed by atoms with Crippen molar-refractivity contribution in [3.63, 3.8) is 0 Å². The number of methoxy groups -OCH3 is 1. The van der Waals surface area contributed by atoms with Crippen LogP contribution in [0.4, 0.5) is 0 Å². The van der Waals surface area contributed by atoms with E-state index in [1.54, 1.807) is 14.2 Å². The minimum atomic E-state index is -1.51. The smallest absolute Gasteiger partial charge is 0.188 e. The first-order valence-corrected chi connectivity index (χ1v) is 12.5. The van der Waals surface area contributed by atoms with Crippen LogP contribution in [-0.2, 0) is 4.74 Å². The Bertz CT molecular complexity index is 711. The first kappa shape index (κ1) is 18.8. The Morgan fingerprint density at radius 2 is 1.75 bits per heavy atom. The fraction of sp³-hybridized carbons (Fsp3) is 0.316. The third kappa shape index (κ3) is 4.76. The van der Waals surface area contributed by atoms with E-state index in [9.17, 15) is 0 Å². The van der Waals surface area contributed by atoms with Gasteiger partial charge in [0.25, 0.3) is 0 Å². The Morgan fingerprint density at radius 1 is 1.04 bits per heavy atom. The van der Waals surface area contributed by atoms with E-state index in [1.807, 2.05) is 12.3 Å². The molecule has 0 N–H and O–H groups in total. The van der Waals surface area contributed by atoms with Crippen LogP contribution in [0.25, 0.3) is 0 Å². The summed E-state index contributed by atoms with van der Waals surface area (Å²) in [6, 6.07) is 14.9. The molecule has 1 unspecified atom stereocenters. The van der Waals surface area contributed by atoms with Gasteiger partial charge in [-0.2, -0.15) is 0 Å². The molecular weight excluding hydrogens is 333 g/mol. The van der Waals surface area contributed by atoms with Crippen LogP contribution in [0.2, 0.25) is 19.6 Å². The molecule has 5 heteroatoms. The van der Waals surface area contributed by atoms with Crippen molar-refractivity contribution in [2.24, 2.45) is 4.99 Å². The maximum absolute atomic E-state index is 6.00. The van der Waals surface area contributed by atoms with Crippen molar-refractivity contribution in [1.29, 1.82) is 0 Å². The monoisotopic (exact) mass is 359 g/mol. The predicted octanol–water partition coefficient (Wildman–Crippen LogP) is 2.89. The summed E-state index contributed by atoms with van der Waals surface area (Å²) in [6.07, 6.45) is 1.92. The maximum Gasteiger partial charge on any atom is 0.188 e. The molecular formula is C19H26NO2PSi. The van der Waals surface area contributed by atoms with E-state index in [1.165, 1.54) is 15.8 Å². The molecule has 0 saturated heterocycles. The molecule has 0 saturated carbocycles. The highest BCUT2D eigenvalue weighted by Crippen LogP contribution is 2.22. The molecule has 0 aliphatic rings. The summed E-state index contributed by atoms with van der Waals surface area (Å²) in [5.74, 6) is 1.00. The highest BCUT2D eigenvalue weighted by atomic mass is 31.1. The lowest BCUT2D eigenvalue weighted by Crippen LogP contribution is -2.40. The van der Waals surface area contributed by atoms with Crippen molar-refractivity contribution >= 4 is 38.7 Å². The van der Waals surface area contributed by atoms with Gasteiger partial charge >= 0.3 is 0 Å². The van der Waals surface area contributed by atoms with Crippen LogP contribution < -0.4 is 20.5 Å². The predicted molar refractivity (Wildman–Crippen MR) is 109 cm³/mol. The average Bonchev–Trinajstić information content (AvgIpc) is 2.54. The number of para-hydroxylation sites is 1. The molecule has 0 radical (unpaired) electrons. The Hall–Kier alpha value is -1.48. The Morgan fingerprint density at radius 3 is 2.42 bits per heavy atom. The zero-order chi connectivity index (χ0) is 17.6. The standard InChI is InChI=1S/C19H26NO2PSi/c1-20-13-15-9-6-7-10-16(15)23-17-11-8-12-18(24(3,4)5)19(17)22-14-21-2/h6-13,23H,14H2,1-5H3. The summed E-state index contributed by atoms with van der Waals surface area (Å²) in [7, 11) is 2.48. The molecule has 2 aromatic carbocycles. The van der Waals surface area contributed by atoms with Crippen LogP contribution in [0.5, 0.6) is 5.75 Å². The number of hydrogen-bond acceptors (Lipinski definition) is 3. The van der Waals surface area contributed by atoms with Crippen LogP contribution in [0, 0.1) is 0 Å². The van der Waals surface area contributed by atoms with Gasteiger partial charge in [-0.05, 0) is 16.1 Å². The number of aliphatic imine (C=N–C) groups is 1. The molecule has 2 aromatic rings. The normalized spacial score (nSPS) is 12.4. The minimum absolute atomic E-state index is 0.275. The van der Waals surface area contributed by atoms with E-state index in [4.69, 9.17) is 9.47 Å². The molecule has 0 heterocycles. The number of ether oxygens (including phenoxy) is 2. The molecule has 2 rings (SSSR count). The Kier molecular flexibility index (Phi) is 6.73. The van der Waals surface area contributed by atoms with Crippen LogP contribution in [0.1, 0.15) is 5.56 Å². The quantitative estimate of drug-likeness (QED) is 0.329. The van der Waals surface area contributed by atoms with Crippen LogP contribution in [0.15, 0.2) is 47.5 Å². The lowest BCUT2D eigenvalue weighted by atomic mass is 10.2. The SMILES string of the molecule is CN=Cc1ccccc1Pc1cccc([Si](C)(C)C)c1OCOC. The van der Waals surface area contributed by atoms with E-state index >= 15 is 0 Å². The van der Waals surface area contributed by atoms with Gasteiger partial charge < -0.3 is 9.47 Å². The minimum Gasteiger partial charge on any atom is -0.467 e. The van der Waals surface area contributed by atoms with E-state index in [-0.39, 0.29) is 6.79 Å². The second-order valence-electron chi connectivity index (χ2n) is 6.58. The summed E-state index contributed by atoms with van der Waals surface area (Å²) >= 11 is 0. The van der Waals surface area contributed by atoms with Crippen molar-refractivity contribution < 1.29 is 9.47 Å². The van der Waals surface area contributed by atoms with Crippen molar-refractivity contribution in [3.05, 3.63) is 48.0 Å². The van der Waals surface area contributed by atoms with Gasteiger partial charge in [0.05, 0.1) is 8.07 Å². The summed E-state index contributed by atoms with van der Waals surface area (Å²) in [5, 5.41) is 3.84. The van der Waals surface area contributed by atoms with Crippen molar-refractivity contribution in [2.45, 2.75) is 19.6 Å². The Balaban J connectivity index is 2.47. The average molecular weight is 359 g/mol. The van der Waals surface area contributed by atoms with Gasteiger partial charge in [0.15, 0.2) is 6.79 Å². The molecule has 0 aromatic heterocycles. The lowest BCUT2D eigenvalue weighted by Gasteiger charge is -2.23. The summed E-state index contributed by atoms with van der Waals surface area (Å²) in [5.41, 5.74) is 1.16. The largest absolute Gasteiger partial charge is 0.467 e. The third-order valence-electron chi connectivity index (χ3n) is 3.64. The van der Waals surface area contributed by atoms with Gasteiger partial charge in [-0.15, -0.1) is 0 Å². The molecule has 0 aliphatic carbocycles. The highest BCUT2D eigenvalue weighted by molar-refractivity contribution is 7.56. The van der Waals surface area contributed by atoms with Gasteiger partial charge in [0.1, 0.15) is 5.75 Å². The lowest BCUT2D eigenvalue weighted by molar-refractivity contribution is 0.0526. The number of nitrogens with zero attached hydrogens (tertiary/aromatic N) is 1. The number of hydrogen-bond donors (Lipinski definition) is 0. The van der Waals surface area contributed by atoms with Gasteiger partial charge in [-0.3, -0.25) is 4.99 Å². The molecule has 0 amide bonds. The molecule has 24 heavy (non-hydrogen) atoms. The van der Waals surface area contributed by atoms with Gasteiger partial charge in [0.2, 0.25) is 0 Å². The molecule has 0 aliphatic heterocycles. The van der Waals surface area contributed by atoms with E-state index < -0.39 is 8.07 Å². The van der Waals surface area contributed by atoms with Gasteiger partial charge in [0, 0.05) is 25.7 Å². The summed E-state index contributed by atoms with van der Waals surface area (Å²) in [6.45, 7) is 7.29. The van der Waals surface area contributed by atoms with Crippen LogP contribution in [-0.4, -0.2) is 35.2 Å². The zero-order valence-corrected chi connectivity index (χ0v) is 17.1. The van der Waals surface area contributed by atoms with Crippen molar-refractivity contribution in [2.75, 3.05) is 21.0 Å². The van der Waals surface area contributed by atoms with Crippen molar-refractivity contribution in [1.82, 2.24) is 0 Å². The Labute approximate surface area is 147 Å². The van der Waals surface area contributed by atoms with Gasteiger partial charge in [-0.25, -0.2) is 0 Å². The fourth-order valence-electron chi connectivity index (χ4n) is 2.51. The number of benzene rings is 2. The molecule has 1 atom stereocenters. The van der Waals surface area contributed by atoms with E-state index in [0.29, 0.717) is 8.58 Å². The molecule has 128 valence electrons. The fourth-order valence-corrected chi connectivity index (χ4v) is 5.38. The first-order valence-electron chi connectivity index (χ1n) is 8.01. The third-order valence-corrected chi connectivity index (χ3v) is 7.04. The molecule has 3 nitrogen and oxygen atoms in total. The summed E-state index contributed by atoms with van der Waals surface area (Å²) in [4.78, 5) is 4.17. The zero-order valence-electron chi connectivity index (χ0n) is 15.1.